The Kier molecular flexibility index (Phi) is 11.9. The summed E-state index contributed by atoms with van der Waals surface area (Å²) in [5, 5.41) is 8.97. The molecule has 3 aromatic rings. The van der Waals surface area contributed by atoms with Crippen molar-refractivity contribution < 1.29 is 38.3 Å². The van der Waals surface area contributed by atoms with E-state index in [2.05, 4.69) is 4.90 Å². The van der Waals surface area contributed by atoms with Crippen molar-refractivity contribution in [3.63, 3.8) is 0 Å². The van der Waals surface area contributed by atoms with Gasteiger partial charge in [0.05, 0.1) is 32.1 Å². The molecule has 0 saturated carbocycles. The molecule has 13 heteroatoms. The molecule has 1 fully saturated rings. The molecule has 0 spiro atoms. The molecular weight excluding hydrogens is 644 g/mol. The number of aromatic nitrogens is 2. The summed E-state index contributed by atoms with van der Waals surface area (Å²) >= 11 is 0. The molecule has 13 nitrogen and oxygen atoms in total. The molecule has 1 saturated heterocycles. The maximum absolute atomic E-state index is 14.3. The number of hydrogen-bond acceptors (Lipinski definition) is 10. The van der Waals surface area contributed by atoms with Gasteiger partial charge in [0, 0.05) is 76.1 Å². The number of allylic oxidation sites excluding steroid dienone is 1. The van der Waals surface area contributed by atoms with Crippen LogP contribution in [0, 0.1) is 12.8 Å². The first-order valence-corrected chi connectivity index (χ1v) is 17.4. The number of amides is 1. The lowest BCUT2D eigenvalue weighted by Gasteiger charge is -2.39. The Labute approximate surface area is 292 Å². The van der Waals surface area contributed by atoms with Crippen molar-refractivity contribution in [2.24, 2.45) is 13.0 Å². The van der Waals surface area contributed by atoms with Gasteiger partial charge in [0.2, 0.25) is 13.1 Å². The number of piperazine rings is 1. The van der Waals surface area contributed by atoms with Gasteiger partial charge in [-0.05, 0) is 56.2 Å². The van der Waals surface area contributed by atoms with Gasteiger partial charge in [0.1, 0.15) is 0 Å². The van der Waals surface area contributed by atoms with Gasteiger partial charge in [-0.3, -0.25) is 19.2 Å². The molecule has 3 aliphatic heterocycles. The number of carbonyl (C=O) groups excluding carboxylic acids is 1. The third-order valence-electron chi connectivity index (χ3n) is 9.56. The fourth-order valence-electron chi connectivity index (χ4n) is 6.91. The maximum atomic E-state index is 14.3. The van der Waals surface area contributed by atoms with Crippen molar-refractivity contribution in [3.05, 3.63) is 87.5 Å². The lowest BCUT2D eigenvalue weighted by atomic mass is 9.81. The Hall–Kier alpha value is -4.14. The summed E-state index contributed by atoms with van der Waals surface area (Å²) in [6, 6.07) is 15.5. The molecule has 4 heterocycles. The number of fused-ring (bicyclic) bond motifs is 1. The van der Waals surface area contributed by atoms with Gasteiger partial charge >= 0.3 is 0 Å². The third kappa shape index (κ3) is 7.92. The van der Waals surface area contributed by atoms with E-state index in [1.165, 1.54) is 0 Å². The predicted octanol–water partition coefficient (Wildman–Crippen LogP) is 2.95. The van der Waals surface area contributed by atoms with Gasteiger partial charge in [-0.15, -0.1) is 0 Å². The summed E-state index contributed by atoms with van der Waals surface area (Å²) in [7, 11) is 1.87. The van der Waals surface area contributed by atoms with Crippen molar-refractivity contribution in [3.8, 4) is 17.2 Å². The van der Waals surface area contributed by atoms with Crippen molar-refractivity contribution in [2.45, 2.75) is 39.0 Å². The van der Waals surface area contributed by atoms with Crippen LogP contribution in [0.4, 0.5) is 0 Å². The topological polar surface area (TPSA) is 126 Å². The first-order valence-electron chi connectivity index (χ1n) is 17.4. The zero-order valence-corrected chi connectivity index (χ0v) is 29.1. The van der Waals surface area contributed by atoms with E-state index in [9.17, 15) is 9.59 Å². The van der Waals surface area contributed by atoms with Crippen molar-refractivity contribution in [1.82, 2.24) is 19.2 Å². The van der Waals surface area contributed by atoms with E-state index in [1.807, 2.05) is 85.1 Å². The van der Waals surface area contributed by atoms with Crippen LogP contribution in [0.3, 0.4) is 0 Å². The predicted molar refractivity (Wildman–Crippen MR) is 184 cm³/mol. The second kappa shape index (κ2) is 16.7. The monoisotopic (exact) mass is 692 g/mol. The molecule has 0 bridgehead atoms. The number of hydrogen-bond donors (Lipinski definition) is 1. The fourth-order valence-corrected chi connectivity index (χ4v) is 6.91. The first-order chi connectivity index (χ1) is 24.4. The van der Waals surface area contributed by atoms with Crippen LogP contribution in [-0.4, -0.2) is 109 Å². The SMILES string of the molecule is CCO[C@H]1OC(C(=O)N2CCN(Cc3ccc4c(c3)OCO4)CC2)=C[C@@H](c2c(C)n(C)n(-c3ccccc3)c2=O)[C@H]1CCOCCOCCO. The Bertz CT molecular complexity index is 1680. The van der Waals surface area contributed by atoms with E-state index in [1.54, 1.807) is 4.68 Å². The van der Waals surface area contributed by atoms with Crippen LogP contribution in [0.5, 0.6) is 11.5 Å². The Morgan fingerprint density at radius 3 is 2.44 bits per heavy atom. The normalized spacial score (nSPS) is 20.5. The number of rotatable bonds is 15. The van der Waals surface area contributed by atoms with E-state index in [0.717, 1.165) is 35.0 Å². The third-order valence-corrected chi connectivity index (χ3v) is 9.56. The zero-order chi connectivity index (χ0) is 35.0. The van der Waals surface area contributed by atoms with Crippen LogP contribution in [-0.2, 0) is 37.3 Å². The van der Waals surface area contributed by atoms with E-state index in [0.29, 0.717) is 64.6 Å². The molecule has 0 aliphatic carbocycles. The van der Waals surface area contributed by atoms with Gasteiger partial charge in [0.15, 0.2) is 17.3 Å². The largest absolute Gasteiger partial charge is 0.459 e. The summed E-state index contributed by atoms with van der Waals surface area (Å²) in [5.41, 5.74) is 3.12. The second-order valence-corrected chi connectivity index (χ2v) is 12.6. The fraction of sp³-hybridized carbons (Fsp3) is 0.514. The highest BCUT2D eigenvalue weighted by atomic mass is 16.7. The summed E-state index contributed by atoms with van der Waals surface area (Å²) in [6.45, 7) is 8.96. The number of carbonyl (C=O) groups is 1. The zero-order valence-electron chi connectivity index (χ0n) is 29.1. The highest BCUT2D eigenvalue weighted by Gasteiger charge is 2.42. The van der Waals surface area contributed by atoms with Crippen molar-refractivity contribution >= 4 is 5.91 Å². The van der Waals surface area contributed by atoms with Gasteiger partial charge < -0.3 is 38.4 Å². The smallest absolute Gasteiger partial charge is 0.288 e. The Balaban J connectivity index is 1.23. The van der Waals surface area contributed by atoms with E-state index < -0.39 is 12.2 Å². The molecule has 1 amide bonds. The molecule has 270 valence electrons. The number of nitrogens with zero attached hydrogens (tertiary/aromatic N) is 4. The molecular formula is C37H48N4O9. The molecule has 50 heavy (non-hydrogen) atoms. The molecule has 0 unspecified atom stereocenters. The molecule has 1 N–H and O–H groups in total. The quantitative estimate of drug-likeness (QED) is 0.238. The van der Waals surface area contributed by atoms with Crippen LogP contribution in [0.15, 0.2) is 65.2 Å². The summed E-state index contributed by atoms with van der Waals surface area (Å²) < 4.78 is 38.2. The summed E-state index contributed by atoms with van der Waals surface area (Å²) in [6.07, 6.45) is 1.58. The second-order valence-electron chi connectivity index (χ2n) is 12.6. The number of aliphatic hydroxyl groups excluding tert-OH is 1. The molecule has 3 atom stereocenters. The number of aliphatic hydroxyl groups is 1. The van der Waals surface area contributed by atoms with Gasteiger partial charge in [-0.1, -0.05) is 24.3 Å². The number of para-hydroxylation sites is 1. The molecule has 2 aromatic carbocycles. The van der Waals surface area contributed by atoms with Crippen LogP contribution in [0.25, 0.3) is 5.69 Å². The maximum Gasteiger partial charge on any atom is 0.288 e. The number of benzene rings is 2. The van der Waals surface area contributed by atoms with Crippen LogP contribution in [0.2, 0.25) is 0 Å². The minimum atomic E-state index is -0.764. The minimum Gasteiger partial charge on any atom is -0.459 e. The van der Waals surface area contributed by atoms with Gasteiger partial charge in [-0.2, -0.15) is 0 Å². The van der Waals surface area contributed by atoms with Crippen molar-refractivity contribution in [2.75, 3.05) is 72.6 Å². The Morgan fingerprint density at radius 1 is 0.960 bits per heavy atom. The highest BCUT2D eigenvalue weighted by Crippen LogP contribution is 2.40. The van der Waals surface area contributed by atoms with Crippen LogP contribution < -0.4 is 15.0 Å². The molecule has 0 radical (unpaired) electrons. The Morgan fingerprint density at radius 2 is 1.70 bits per heavy atom. The molecule has 6 rings (SSSR count). The van der Waals surface area contributed by atoms with Crippen LogP contribution in [0.1, 0.15) is 36.1 Å². The minimum absolute atomic E-state index is 0.0433. The average molecular weight is 693 g/mol. The number of ether oxygens (including phenoxy) is 6. The standard InChI is InChI=1S/C37H48N4O9/c1-4-47-37-29(12-18-45-20-21-46-19-17-42)30(34-26(2)38(3)41(36(34)44)28-8-6-5-7-9-28)23-33(50-37)35(43)40-15-13-39(14-16-40)24-27-10-11-31-32(22-27)49-25-48-31/h5-11,22-23,29-30,37,42H,4,12-21,24-25H2,1-3H3/t29-,30-,37+/m1/s1. The van der Waals surface area contributed by atoms with Gasteiger partial charge in [-0.25, -0.2) is 4.68 Å². The van der Waals surface area contributed by atoms with Gasteiger partial charge in [0.25, 0.3) is 11.5 Å². The lowest BCUT2D eigenvalue weighted by Crippen LogP contribution is -2.50. The highest BCUT2D eigenvalue weighted by molar-refractivity contribution is 5.92. The van der Waals surface area contributed by atoms with Crippen molar-refractivity contribution in [1.29, 1.82) is 0 Å². The van der Waals surface area contributed by atoms with Crippen LogP contribution >= 0.6 is 0 Å². The molecule has 1 aromatic heterocycles. The average Bonchev–Trinajstić information content (AvgIpc) is 3.69. The van der Waals surface area contributed by atoms with E-state index in [-0.39, 0.29) is 43.2 Å². The van der Waals surface area contributed by atoms with E-state index in [4.69, 9.17) is 33.5 Å². The lowest BCUT2D eigenvalue weighted by molar-refractivity contribution is -0.172. The summed E-state index contributed by atoms with van der Waals surface area (Å²) in [5.74, 6) is 0.733. The first kappa shape index (κ1) is 35.7. The summed E-state index contributed by atoms with van der Waals surface area (Å²) in [4.78, 5) is 32.5. The molecule has 3 aliphatic rings. The van der Waals surface area contributed by atoms with E-state index >= 15 is 0 Å².